The summed E-state index contributed by atoms with van der Waals surface area (Å²) in [5, 5.41) is 9.12. The average molecular weight is 225 g/mol. The van der Waals surface area contributed by atoms with E-state index < -0.39 is 5.97 Å². The third-order valence-corrected chi connectivity index (χ3v) is 4.06. The fourth-order valence-corrected chi connectivity index (χ4v) is 2.84. The van der Waals surface area contributed by atoms with Crippen molar-refractivity contribution in [2.24, 2.45) is 5.92 Å². The molecule has 0 saturated heterocycles. The minimum absolute atomic E-state index is 0.297. The molecule has 3 nitrogen and oxygen atoms in total. The van der Waals surface area contributed by atoms with Crippen LogP contribution in [0.3, 0.4) is 0 Å². The van der Waals surface area contributed by atoms with E-state index in [0.717, 1.165) is 12.5 Å². The van der Waals surface area contributed by atoms with Crippen LogP contribution in [-0.4, -0.2) is 34.6 Å². The maximum absolute atomic E-state index is 11.1. The van der Waals surface area contributed by atoms with Crippen LogP contribution in [0.2, 0.25) is 0 Å². The third kappa shape index (κ3) is 2.97. The Bertz CT molecular complexity index is 244. The van der Waals surface area contributed by atoms with E-state index in [1.165, 1.54) is 44.9 Å². The van der Waals surface area contributed by atoms with Crippen molar-refractivity contribution in [2.75, 3.05) is 6.54 Å². The van der Waals surface area contributed by atoms with E-state index in [1.807, 2.05) is 6.92 Å². The van der Waals surface area contributed by atoms with Crippen molar-refractivity contribution in [1.82, 2.24) is 4.90 Å². The molecule has 0 spiro atoms. The van der Waals surface area contributed by atoms with Crippen LogP contribution in [0.4, 0.5) is 0 Å². The molecule has 0 aromatic rings. The summed E-state index contributed by atoms with van der Waals surface area (Å²) in [6.07, 6.45) is 9.05. The number of carboxylic acids is 1. The monoisotopic (exact) mass is 225 g/mol. The molecule has 92 valence electrons. The fourth-order valence-electron chi connectivity index (χ4n) is 2.84. The van der Waals surface area contributed by atoms with Gasteiger partial charge in [0.25, 0.3) is 0 Å². The number of rotatable bonds is 5. The van der Waals surface area contributed by atoms with Gasteiger partial charge < -0.3 is 5.11 Å². The standard InChI is InChI=1S/C13H23NO2/c1-10(13(15)16)14(12-7-8-12)9-11-5-3-2-4-6-11/h10-12H,2-9H2,1H3,(H,15,16). The minimum atomic E-state index is -0.664. The molecule has 0 aromatic carbocycles. The van der Waals surface area contributed by atoms with E-state index in [9.17, 15) is 4.79 Å². The molecule has 0 aromatic heterocycles. The molecule has 0 radical (unpaired) electrons. The van der Waals surface area contributed by atoms with E-state index in [1.54, 1.807) is 0 Å². The summed E-state index contributed by atoms with van der Waals surface area (Å²) in [6.45, 7) is 2.85. The van der Waals surface area contributed by atoms with Crippen molar-refractivity contribution in [3.63, 3.8) is 0 Å². The van der Waals surface area contributed by atoms with Gasteiger partial charge in [-0.15, -0.1) is 0 Å². The molecule has 0 heterocycles. The number of hydrogen-bond donors (Lipinski definition) is 1. The van der Waals surface area contributed by atoms with Crippen LogP contribution in [0.15, 0.2) is 0 Å². The summed E-state index contributed by atoms with van der Waals surface area (Å²) >= 11 is 0. The lowest BCUT2D eigenvalue weighted by Crippen LogP contribution is -2.43. The van der Waals surface area contributed by atoms with Crippen LogP contribution in [0.1, 0.15) is 51.9 Å². The van der Waals surface area contributed by atoms with Gasteiger partial charge in [-0.2, -0.15) is 0 Å². The normalized spacial score (nSPS) is 24.6. The highest BCUT2D eigenvalue weighted by atomic mass is 16.4. The van der Waals surface area contributed by atoms with Gasteiger partial charge in [-0.05, 0) is 38.5 Å². The van der Waals surface area contributed by atoms with Crippen LogP contribution in [0, 0.1) is 5.92 Å². The Morgan fingerprint density at radius 2 is 1.88 bits per heavy atom. The molecule has 1 atom stereocenters. The molecule has 2 rings (SSSR count). The Hall–Kier alpha value is -0.570. The number of carboxylic acid groups (broad SMARTS) is 1. The summed E-state index contributed by atoms with van der Waals surface area (Å²) in [7, 11) is 0. The maximum atomic E-state index is 11.1. The lowest BCUT2D eigenvalue weighted by atomic mass is 9.88. The first kappa shape index (κ1) is 11.9. The van der Waals surface area contributed by atoms with Gasteiger partial charge in [0.15, 0.2) is 0 Å². The SMILES string of the molecule is CC(C(=O)O)N(CC1CCCCC1)C1CC1. The molecule has 2 saturated carbocycles. The molecular formula is C13H23NO2. The second kappa shape index (κ2) is 5.17. The zero-order valence-electron chi connectivity index (χ0n) is 10.2. The molecule has 1 N–H and O–H groups in total. The van der Waals surface area contributed by atoms with Gasteiger partial charge in [-0.25, -0.2) is 0 Å². The molecule has 0 amide bonds. The first-order chi connectivity index (χ1) is 7.68. The topological polar surface area (TPSA) is 40.5 Å². The van der Waals surface area contributed by atoms with Crippen LogP contribution in [0.5, 0.6) is 0 Å². The highest BCUT2D eigenvalue weighted by molar-refractivity contribution is 5.73. The fraction of sp³-hybridized carbons (Fsp3) is 0.923. The van der Waals surface area contributed by atoms with Crippen molar-refractivity contribution < 1.29 is 9.90 Å². The number of nitrogens with zero attached hydrogens (tertiary/aromatic N) is 1. The van der Waals surface area contributed by atoms with Crippen molar-refractivity contribution >= 4 is 5.97 Å². The predicted molar refractivity (Wildman–Crippen MR) is 63.4 cm³/mol. The number of hydrogen-bond acceptors (Lipinski definition) is 2. The van der Waals surface area contributed by atoms with Gasteiger partial charge in [0.05, 0.1) is 0 Å². The largest absolute Gasteiger partial charge is 0.480 e. The van der Waals surface area contributed by atoms with Crippen molar-refractivity contribution in [3.05, 3.63) is 0 Å². The van der Waals surface area contributed by atoms with Gasteiger partial charge in [0, 0.05) is 12.6 Å². The molecule has 16 heavy (non-hydrogen) atoms. The lowest BCUT2D eigenvalue weighted by molar-refractivity contribution is -0.143. The molecule has 0 aliphatic heterocycles. The van der Waals surface area contributed by atoms with Gasteiger partial charge in [-0.3, -0.25) is 9.69 Å². The first-order valence-corrected chi connectivity index (χ1v) is 6.67. The summed E-state index contributed by atoms with van der Waals surface area (Å²) < 4.78 is 0. The summed E-state index contributed by atoms with van der Waals surface area (Å²) in [5.74, 6) is 0.0823. The zero-order valence-corrected chi connectivity index (χ0v) is 10.2. The number of aliphatic carboxylic acids is 1. The second-order valence-electron chi connectivity index (χ2n) is 5.45. The predicted octanol–water partition coefficient (Wildman–Crippen LogP) is 2.50. The van der Waals surface area contributed by atoms with Crippen molar-refractivity contribution in [3.8, 4) is 0 Å². The minimum Gasteiger partial charge on any atom is -0.480 e. The van der Waals surface area contributed by atoms with Gasteiger partial charge >= 0.3 is 5.97 Å². The van der Waals surface area contributed by atoms with Gasteiger partial charge in [0.1, 0.15) is 6.04 Å². The Kier molecular flexibility index (Phi) is 3.85. The molecular weight excluding hydrogens is 202 g/mol. The average Bonchev–Trinajstić information content (AvgIpc) is 3.10. The second-order valence-corrected chi connectivity index (χ2v) is 5.45. The third-order valence-electron chi connectivity index (χ3n) is 4.06. The van der Waals surface area contributed by atoms with E-state index in [0.29, 0.717) is 6.04 Å². The molecule has 1 unspecified atom stereocenters. The highest BCUT2D eigenvalue weighted by Gasteiger charge is 2.36. The molecule has 2 fully saturated rings. The van der Waals surface area contributed by atoms with E-state index in [-0.39, 0.29) is 6.04 Å². The molecule has 3 heteroatoms. The quantitative estimate of drug-likeness (QED) is 0.781. The Morgan fingerprint density at radius 1 is 1.25 bits per heavy atom. The van der Waals surface area contributed by atoms with E-state index in [4.69, 9.17) is 5.11 Å². The van der Waals surface area contributed by atoms with Gasteiger partial charge in [-0.1, -0.05) is 19.3 Å². The van der Waals surface area contributed by atoms with Crippen molar-refractivity contribution in [1.29, 1.82) is 0 Å². The van der Waals surface area contributed by atoms with Crippen LogP contribution in [-0.2, 0) is 4.79 Å². The molecule has 0 bridgehead atoms. The van der Waals surface area contributed by atoms with Crippen LogP contribution in [0.25, 0.3) is 0 Å². The zero-order chi connectivity index (χ0) is 11.5. The van der Waals surface area contributed by atoms with Crippen LogP contribution >= 0.6 is 0 Å². The smallest absolute Gasteiger partial charge is 0.320 e. The highest BCUT2D eigenvalue weighted by Crippen LogP contribution is 2.32. The Labute approximate surface area is 97.8 Å². The summed E-state index contributed by atoms with van der Waals surface area (Å²) in [5.41, 5.74) is 0. The van der Waals surface area contributed by atoms with Crippen LogP contribution < -0.4 is 0 Å². The first-order valence-electron chi connectivity index (χ1n) is 6.67. The number of carbonyl (C=O) groups is 1. The van der Waals surface area contributed by atoms with E-state index >= 15 is 0 Å². The van der Waals surface area contributed by atoms with Gasteiger partial charge in [0.2, 0.25) is 0 Å². The Balaban J connectivity index is 1.88. The molecule has 2 aliphatic carbocycles. The molecule has 2 aliphatic rings. The lowest BCUT2D eigenvalue weighted by Gasteiger charge is -2.32. The summed E-state index contributed by atoms with van der Waals surface area (Å²) in [4.78, 5) is 13.3. The van der Waals surface area contributed by atoms with E-state index in [2.05, 4.69) is 4.90 Å². The van der Waals surface area contributed by atoms with Crippen molar-refractivity contribution in [2.45, 2.75) is 64.0 Å². The summed E-state index contributed by atoms with van der Waals surface area (Å²) in [6, 6.07) is 0.266. The Morgan fingerprint density at radius 3 is 2.38 bits per heavy atom. The maximum Gasteiger partial charge on any atom is 0.320 e.